The van der Waals surface area contributed by atoms with Crippen molar-refractivity contribution in [3.63, 3.8) is 0 Å². The van der Waals surface area contributed by atoms with Crippen molar-refractivity contribution in [1.82, 2.24) is 0 Å². The summed E-state index contributed by atoms with van der Waals surface area (Å²) in [7, 11) is 0. The predicted molar refractivity (Wildman–Crippen MR) is 79.0 cm³/mol. The standard InChI is InChI=1S/C18H28O2/c1-18-9-8-14-13-5-3-12(19)10-11(13)2-4-15(14)16(18)6-7-17(18)20/h3,5,11-17,19-20H,2,4,6-10H2,1H3/t11-,12+,13+,14-,15-,16+,17+,18+/m1/s1. The molecule has 0 aliphatic heterocycles. The number of aliphatic hydroxyl groups excluding tert-OH is 2. The lowest BCUT2D eigenvalue weighted by atomic mass is 9.51. The Morgan fingerprint density at radius 1 is 0.950 bits per heavy atom. The number of aliphatic hydroxyl groups is 2. The first kappa shape index (κ1) is 13.3. The minimum Gasteiger partial charge on any atom is -0.393 e. The Morgan fingerprint density at radius 2 is 1.80 bits per heavy atom. The first-order valence-corrected chi connectivity index (χ1v) is 8.64. The number of hydrogen-bond donors (Lipinski definition) is 2. The molecule has 112 valence electrons. The topological polar surface area (TPSA) is 40.5 Å². The quantitative estimate of drug-likeness (QED) is 0.667. The van der Waals surface area contributed by atoms with Gasteiger partial charge in [0.05, 0.1) is 12.2 Å². The first-order valence-electron chi connectivity index (χ1n) is 8.64. The minimum absolute atomic E-state index is 0.0603. The molecule has 0 aromatic rings. The van der Waals surface area contributed by atoms with Gasteiger partial charge in [-0.1, -0.05) is 19.1 Å². The summed E-state index contributed by atoms with van der Waals surface area (Å²) in [6.45, 7) is 2.35. The molecule has 2 nitrogen and oxygen atoms in total. The third-order valence-corrected chi connectivity index (χ3v) is 7.45. The fourth-order valence-electron chi connectivity index (χ4n) is 6.35. The van der Waals surface area contributed by atoms with E-state index in [4.69, 9.17) is 0 Å². The molecule has 3 saturated carbocycles. The number of fused-ring (bicyclic) bond motifs is 5. The zero-order valence-corrected chi connectivity index (χ0v) is 12.5. The Hall–Kier alpha value is -0.340. The van der Waals surface area contributed by atoms with Crippen LogP contribution in [0.25, 0.3) is 0 Å². The molecule has 0 aromatic heterocycles. The highest BCUT2D eigenvalue weighted by atomic mass is 16.3. The third kappa shape index (κ3) is 1.77. The van der Waals surface area contributed by atoms with Crippen LogP contribution in [0.3, 0.4) is 0 Å². The summed E-state index contributed by atoms with van der Waals surface area (Å²) < 4.78 is 0. The number of allylic oxidation sites excluding steroid dienone is 1. The van der Waals surface area contributed by atoms with Crippen molar-refractivity contribution >= 4 is 0 Å². The van der Waals surface area contributed by atoms with Crippen molar-refractivity contribution < 1.29 is 10.2 Å². The van der Waals surface area contributed by atoms with Gasteiger partial charge in [0.15, 0.2) is 0 Å². The molecular weight excluding hydrogens is 248 g/mol. The lowest BCUT2D eigenvalue weighted by Crippen LogP contribution is -2.48. The first-order chi connectivity index (χ1) is 9.59. The van der Waals surface area contributed by atoms with E-state index in [-0.39, 0.29) is 17.6 Å². The third-order valence-electron chi connectivity index (χ3n) is 7.45. The van der Waals surface area contributed by atoms with Crippen LogP contribution in [0.5, 0.6) is 0 Å². The maximum atomic E-state index is 10.4. The summed E-state index contributed by atoms with van der Waals surface area (Å²) >= 11 is 0. The smallest absolute Gasteiger partial charge is 0.0723 e. The second kappa shape index (κ2) is 4.58. The zero-order valence-electron chi connectivity index (χ0n) is 12.5. The van der Waals surface area contributed by atoms with Gasteiger partial charge in [-0.05, 0) is 80.0 Å². The lowest BCUT2D eigenvalue weighted by Gasteiger charge is -2.54. The highest BCUT2D eigenvalue weighted by Crippen LogP contribution is 2.61. The van der Waals surface area contributed by atoms with E-state index in [9.17, 15) is 10.2 Å². The van der Waals surface area contributed by atoms with Crippen LogP contribution in [0.2, 0.25) is 0 Å². The van der Waals surface area contributed by atoms with Crippen LogP contribution in [0, 0.1) is 35.0 Å². The lowest BCUT2D eigenvalue weighted by molar-refractivity contribution is -0.0703. The molecule has 20 heavy (non-hydrogen) atoms. The van der Waals surface area contributed by atoms with E-state index in [2.05, 4.69) is 13.0 Å². The van der Waals surface area contributed by atoms with Gasteiger partial charge in [-0.25, -0.2) is 0 Å². The maximum Gasteiger partial charge on any atom is 0.0723 e. The van der Waals surface area contributed by atoms with Gasteiger partial charge in [0.25, 0.3) is 0 Å². The molecule has 2 heteroatoms. The summed E-state index contributed by atoms with van der Waals surface area (Å²) in [5.41, 5.74) is 0.200. The average molecular weight is 276 g/mol. The predicted octanol–water partition coefficient (Wildman–Crippen LogP) is 3.14. The minimum atomic E-state index is -0.199. The molecule has 3 fully saturated rings. The molecule has 0 radical (unpaired) electrons. The molecular formula is C18H28O2. The van der Waals surface area contributed by atoms with E-state index < -0.39 is 0 Å². The number of rotatable bonds is 0. The molecule has 4 rings (SSSR count). The van der Waals surface area contributed by atoms with Gasteiger partial charge in [0.2, 0.25) is 0 Å². The molecule has 0 amide bonds. The highest BCUT2D eigenvalue weighted by molar-refractivity contribution is 5.11. The molecule has 0 aromatic carbocycles. The van der Waals surface area contributed by atoms with Crippen molar-refractivity contribution in [2.24, 2.45) is 35.0 Å². The van der Waals surface area contributed by atoms with Gasteiger partial charge in [-0.2, -0.15) is 0 Å². The summed E-state index contributed by atoms with van der Waals surface area (Å²) in [6.07, 6.45) is 12.5. The van der Waals surface area contributed by atoms with E-state index in [0.29, 0.717) is 11.8 Å². The highest BCUT2D eigenvalue weighted by Gasteiger charge is 2.56. The number of hydrogen-bond acceptors (Lipinski definition) is 2. The van der Waals surface area contributed by atoms with E-state index >= 15 is 0 Å². The Bertz CT molecular complexity index is 418. The molecule has 4 aliphatic rings. The van der Waals surface area contributed by atoms with E-state index in [1.807, 2.05) is 6.08 Å². The summed E-state index contributed by atoms with van der Waals surface area (Å²) in [5, 5.41) is 20.2. The van der Waals surface area contributed by atoms with Gasteiger partial charge in [-0.15, -0.1) is 0 Å². The van der Waals surface area contributed by atoms with Crippen molar-refractivity contribution in [1.29, 1.82) is 0 Å². The van der Waals surface area contributed by atoms with Crippen molar-refractivity contribution in [2.75, 3.05) is 0 Å². The molecule has 0 saturated heterocycles. The Labute approximate surface area is 122 Å². The van der Waals surface area contributed by atoms with Crippen LogP contribution in [0.4, 0.5) is 0 Å². The molecule has 0 unspecified atom stereocenters. The van der Waals surface area contributed by atoms with Crippen molar-refractivity contribution in [3.05, 3.63) is 12.2 Å². The van der Waals surface area contributed by atoms with E-state index in [1.165, 1.54) is 32.1 Å². The molecule has 0 bridgehead atoms. The van der Waals surface area contributed by atoms with E-state index in [0.717, 1.165) is 30.6 Å². The van der Waals surface area contributed by atoms with Gasteiger partial charge in [0.1, 0.15) is 0 Å². The zero-order chi connectivity index (χ0) is 13.9. The average Bonchev–Trinajstić information content (AvgIpc) is 2.74. The van der Waals surface area contributed by atoms with E-state index in [1.54, 1.807) is 0 Å². The summed E-state index contributed by atoms with van der Waals surface area (Å²) in [6, 6.07) is 0. The van der Waals surface area contributed by atoms with Crippen molar-refractivity contribution in [2.45, 2.75) is 64.1 Å². The molecule has 2 N–H and O–H groups in total. The summed E-state index contributed by atoms with van der Waals surface area (Å²) in [4.78, 5) is 0. The van der Waals surface area contributed by atoms with Crippen LogP contribution in [-0.4, -0.2) is 22.4 Å². The van der Waals surface area contributed by atoms with Gasteiger partial charge >= 0.3 is 0 Å². The van der Waals surface area contributed by atoms with Gasteiger partial charge < -0.3 is 10.2 Å². The SMILES string of the molecule is C[C@]12CC[C@@H]3[C@H]4C=C[C@H](O)C[C@H]4CC[C@H]3[C@@H]1CC[C@@H]2O. The molecule has 0 heterocycles. The molecule has 8 atom stereocenters. The molecule has 0 spiro atoms. The Kier molecular flexibility index (Phi) is 3.05. The van der Waals surface area contributed by atoms with Crippen LogP contribution in [0.1, 0.15) is 51.9 Å². The Morgan fingerprint density at radius 3 is 2.65 bits per heavy atom. The van der Waals surface area contributed by atoms with Crippen LogP contribution in [-0.2, 0) is 0 Å². The fourth-order valence-corrected chi connectivity index (χ4v) is 6.35. The molecule has 4 aliphatic carbocycles. The summed E-state index contributed by atoms with van der Waals surface area (Å²) in [5.74, 6) is 3.82. The second-order valence-corrected chi connectivity index (χ2v) is 8.17. The monoisotopic (exact) mass is 276 g/mol. The Balaban J connectivity index is 1.61. The van der Waals surface area contributed by atoms with Gasteiger partial charge in [-0.3, -0.25) is 0 Å². The van der Waals surface area contributed by atoms with Gasteiger partial charge in [0, 0.05) is 0 Å². The van der Waals surface area contributed by atoms with Crippen LogP contribution < -0.4 is 0 Å². The normalized spacial score (nSPS) is 57.9. The largest absolute Gasteiger partial charge is 0.393 e. The fraction of sp³-hybridized carbons (Fsp3) is 0.889. The van der Waals surface area contributed by atoms with Crippen LogP contribution in [0.15, 0.2) is 12.2 Å². The van der Waals surface area contributed by atoms with Crippen molar-refractivity contribution in [3.8, 4) is 0 Å². The van der Waals surface area contributed by atoms with Crippen LogP contribution >= 0.6 is 0 Å². The maximum absolute atomic E-state index is 10.4. The second-order valence-electron chi connectivity index (χ2n) is 8.17.